The molecule has 2 rings (SSSR count). The highest BCUT2D eigenvalue weighted by Gasteiger charge is 2.29. The molecule has 0 unspecified atom stereocenters. The summed E-state index contributed by atoms with van der Waals surface area (Å²) in [6, 6.07) is -0.208. The molecule has 0 aromatic carbocycles. The molecule has 1 amide bonds. The van der Waals surface area contributed by atoms with E-state index in [1.165, 1.54) is 0 Å². The zero-order chi connectivity index (χ0) is 14.2. The Morgan fingerprint density at radius 1 is 1.45 bits per heavy atom. The Labute approximate surface area is 125 Å². The average Bonchev–Trinajstić information content (AvgIpc) is 2.68. The number of halogens is 1. The van der Waals surface area contributed by atoms with Gasteiger partial charge >= 0.3 is 6.09 Å². The third-order valence-corrected chi connectivity index (χ3v) is 2.73. The number of hydrogen-bond acceptors (Lipinski definition) is 5. The van der Waals surface area contributed by atoms with Crippen LogP contribution in [0, 0.1) is 0 Å². The van der Waals surface area contributed by atoms with Gasteiger partial charge < -0.3 is 10.5 Å². The second-order valence-electron chi connectivity index (χ2n) is 5.83. The molecule has 0 bridgehead atoms. The Morgan fingerprint density at radius 2 is 2.10 bits per heavy atom. The van der Waals surface area contributed by atoms with Gasteiger partial charge in [-0.05, 0) is 27.7 Å². The van der Waals surface area contributed by atoms with Crippen LogP contribution in [0.4, 0.5) is 4.79 Å². The standard InChI is InChI=1S/C13H20N4O2.ClH/c1-8(14)11-15-5-9-6-17(7-10(9)16-11)12(18)19-13(2,3)4;/h5,8H,6-7,14H2,1-4H3;1H/t8-;/m0./s1. The van der Waals surface area contributed by atoms with Crippen molar-refractivity contribution >= 4 is 18.5 Å². The minimum Gasteiger partial charge on any atom is -0.444 e. The van der Waals surface area contributed by atoms with E-state index in [1.807, 2.05) is 27.7 Å². The van der Waals surface area contributed by atoms with E-state index in [0.29, 0.717) is 18.9 Å². The maximum absolute atomic E-state index is 12.0. The Hall–Kier alpha value is -1.40. The summed E-state index contributed by atoms with van der Waals surface area (Å²) in [6.07, 6.45) is 1.42. The van der Waals surface area contributed by atoms with Crippen molar-refractivity contribution < 1.29 is 9.53 Å². The molecule has 7 heteroatoms. The van der Waals surface area contributed by atoms with Gasteiger partial charge in [0.15, 0.2) is 0 Å². The van der Waals surface area contributed by atoms with Gasteiger partial charge in [-0.3, -0.25) is 4.90 Å². The highest BCUT2D eigenvalue weighted by Crippen LogP contribution is 2.23. The Morgan fingerprint density at radius 3 is 2.65 bits per heavy atom. The molecule has 2 N–H and O–H groups in total. The van der Waals surface area contributed by atoms with Crippen molar-refractivity contribution in [3.05, 3.63) is 23.3 Å². The first-order valence-corrected chi connectivity index (χ1v) is 6.34. The topological polar surface area (TPSA) is 81.3 Å². The summed E-state index contributed by atoms with van der Waals surface area (Å²) in [6.45, 7) is 8.32. The fourth-order valence-corrected chi connectivity index (χ4v) is 1.84. The highest BCUT2D eigenvalue weighted by molar-refractivity contribution is 5.85. The first-order chi connectivity index (χ1) is 8.76. The largest absolute Gasteiger partial charge is 0.444 e. The van der Waals surface area contributed by atoms with Crippen LogP contribution in [0.15, 0.2) is 6.20 Å². The second kappa shape index (κ2) is 5.93. The van der Waals surface area contributed by atoms with Gasteiger partial charge in [0.25, 0.3) is 0 Å². The molecule has 0 fully saturated rings. The number of carbonyl (C=O) groups excluding carboxylic acids is 1. The molecule has 6 nitrogen and oxygen atoms in total. The third kappa shape index (κ3) is 3.80. The number of aromatic nitrogens is 2. The number of hydrogen-bond donors (Lipinski definition) is 1. The van der Waals surface area contributed by atoms with E-state index in [2.05, 4.69) is 9.97 Å². The fraction of sp³-hybridized carbons (Fsp3) is 0.615. The maximum Gasteiger partial charge on any atom is 0.410 e. The summed E-state index contributed by atoms with van der Waals surface area (Å²) >= 11 is 0. The summed E-state index contributed by atoms with van der Waals surface area (Å²) in [4.78, 5) is 22.2. The minimum absolute atomic E-state index is 0. The maximum atomic E-state index is 12.0. The second-order valence-corrected chi connectivity index (χ2v) is 5.83. The SMILES string of the molecule is C[C@H](N)c1ncc2c(n1)CN(C(=O)OC(C)(C)C)C2.Cl. The molecule has 0 aliphatic carbocycles. The van der Waals surface area contributed by atoms with Crippen LogP contribution in [0.2, 0.25) is 0 Å². The molecule has 20 heavy (non-hydrogen) atoms. The normalized spacial score (nSPS) is 15.3. The number of carbonyl (C=O) groups is 1. The van der Waals surface area contributed by atoms with E-state index in [1.54, 1.807) is 11.1 Å². The lowest BCUT2D eigenvalue weighted by Gasteiger charge is -2.23. The van der Waals surface area contributed by atoms with Gasteiger partial charge in [-0.1, -0.05) is 0 Å². The van der Waals surface area contributed by atoms with E-state index >= 15 is 0 Å². The zero-order valence-corrected chi connectivity index (χ0v) is 13.0. The van der Waals surface area contributed by atoms with Gasteiger partial charge in [0, 0.05) is 11.8 Å². The lowest BCUT2D eigenvalue weighted by atomic mass is 10.2. The van der Waals surface area contributed by atoms with Crippen LogP contribution >= 0.6 is 12.4 Å². The van der Waals surface area contributed by atoms with Gasteiger partial charge in [0.05, 0.1) is 24.8 Å². The minimum atomic E-state index is -0.492. The molecule has 1 aromatic rings. The summed E-state index contributed by atoms with van der Waals surface area (Å²) < 4.78 is 5.34. The Balaban J connectivity index is 0.00000200. The average molecular weight is 301 g/mol. The van der Waals surface area contributed by atoms with Gasteiger partial charge in [-0.25, -0.2) is 14.8 Å². The fourth-order valence-electron chi connectivity index (χ4n) is 1.84. The Bertz CT molecular complexity index is 500. The van der Waals surface area contributed by atoms with Crippen molar-refractivity contribution in [3.63, 3.8) is 0 Å². The van der Waals surface area contributed by atoms with Gasteiger partial charge in [-0.2, -0.15) is 0 Å². The summed E-state index contributed by atoms with van der Waals surface area (Å²) in [5.74, 6) is 0.602. The van der Waals surface area contributed by atoms with Crippen molar-refractivity contribution in [2.75, 3.05) is 0 Å². The first kappa shape index (κ1) is 16.7. The predicted octanol–water partition coefficient (Wildman–Crippen LogP) is 2.17. The first-order valence-electron chi connectivity index (χ1n) is 6.34. The van der Waals surface area contributed by atoms with Crippen LogP contribution in [0.3, 0.4) is 0 Å². The van der Waals surface area contributed by atoms with Crippen LogP contribution in [0.5, 0.6) is 0 Å². The molecule has 0 saturated carbocycles. The smallest absolute Gasteiger partial charge is 0.410 e. The monoisotopic (exact) mass is 300 g/mol. The molecule has 1 aliphatic rings. The molecular weight excluding hydrogens is 280 g/mol. The Kier molecular flexibility index (Phi) is 4.94. The van der Waals surface area contributed by atoms with Gasteiger partial charge in [-0.15, -0.1) is 12.4 Å². The predicted molar refractivity (Wildman–Crippen MR) is 77.4 cm³/mol. The molecule has 0 spiro atoms. The summed E-state index contributed by atoms with van der Waals surface area (Å²) in [7, 11) is 0. The number of nitrogens with two attached hydrogens (primary N) is 1. The number of rotatable bonds is 1. The van der Waals surface area contributed by atoms with E-state index in [0.717, 1.165) is 11.3 Å². The van der Waals surface area contributed by atoms with Crippen molar-refractivity contribution in [2.24, 2.45) is 5.73 Å². The highest BCUT2D eigenvalue weighted by atomic mass is 35.5. The molecule has 112 valence electrons. The molecule has 0 saturated heterocycles. The van der Waals surface area contributed by atoms with Crippen LogP contribution in [-0.2, 0) is 17.8 Å². The molecule has 1 aliphatic heterocycles. The van der Waals surface area contributed by atoms with E-state index < -0.39 is 5.60 Å². The molecular formula is C13H21ClN4O2. The van der Waals surface area contributed by atoms with Crippen LogP contribution in [0.1, 0.15) is 50.8 Å². The summed E-state index contributed by atoms with van der Waals surface area (Å²) in [5, 5.41) is 0. The van der Waals surface area contributed by atoms with Crippen molar-refractivity contribution in [1.29, 1.82) is 0 Å². The van der Waals surface area contributed by atoms with Crippen molar-refractivity contribution in [2.45, 2.75) is 52.4 Å². The molecule has 2 heterocycles. The van der Waals surface area contributed by atoms with Crippen molar-refractivity contribution in [1.82, 2.24) is 14.9 Å². The van der Waals surface area contributed by atoms with Crippen LogP contribution in [0.25, 0.3) is 0 Å². The van der Waals surface area contributed by atoms with E-state index in [4.69, 9.17) is 10.5 Å². The van der Waals surface area contributed by atoms with Gasteiger partial charge in [0.2, 0.25) is 0 Å². The molecule has 0 radical (unpaired) electrons. The van der Waals surface area contributed by atoms with E-state index in [-0.39, 0.29) is 24.5 Å². The molecule has 1 aromatic heterocycles. The van der Waals surface area contributed by atoms with Gasteiger partial charge in [0.1, 0.15) is 11.4 Å². The number of amides is 1. The summed E-state index contributed by atoms with van der Waals surface area (Å²) in [5.41, 5.74) is 7.07. The lowest BCUT2D eigenvalue weighted by Crippen LogP contribution is -2.33. The number of ether oxygens (including phenoxy) is 1. The molecule has 1 atom stereocenters. The number of fused-ring (bicyclic) bond motifs is 1. The van der Waals surface area contributed by atoms with Crippen LogP contribution < -0.4 is 5.73 Å². The zero-order valence-electron chi connectivity index (χ0n) is 12.2. The van der Waals surface area contributed by atoms with Crippen molar-refractivity contribution in [3.8, 4) is 0 Å². The van der Waals surface area contributed by atoms with E-state index in [9.17, 15) is 4.79 Å². The lowest BCUT2D eigenvalue weighted by molar-refractivity contribution is 0.0240. The third-order valence-electron chi connectivity index (χ3n) is 2.73. The quantitative estimate of drug-likeness (QED) is 0.859. The number of nitrogens with zero attached hydrogens (tertiary/aromatic N) is 3. The van der Waals surface area contributed by atoms with Crippen LogP contribution in [-0.4, -0.2) is 26.6 Å².